The highest BCUT2D eigenvalue weighted by atomic mass is 33.1. The molecule has 9 aliphatic rings. The number of rotatable bonds is 3. The van der Waals surface area contributed by atoms with Crippen molar-refractivity contribution in [3.63, 3.8) is 0 Å². The molecule has 5 aliphatic heterocycles. The molecule has 0 radical (unpaired) electrons. The topological polar surface area (TPSA) is 88.5 Å². The summed E-state index contributed by atoms with van der Waals surface area (Å²) < 4.78 is 18.2. The van der Waals surface area contributed by atoms with Gasteiger partial charge in [-0.05, 0) is 97.5 Å². The molecule has 1 unspecified atom stereocenters. The molecule has 9 heteroatoms. The summed E-state index contributed by atoms with van der Waals surface area (Å²) in [6.45, 7) is 5.01. The first kappa shape index (κ1) is 35.0. The number of carbonyl (C=O) groups is 1. The molecule has 14 atom stereocenters. The predicted octanol–water partition coefficient (Wildman–Crippen LogP) is 7.76. The fraction of sp³-hybridized carbons (Fsp3) is 0.614. The Morgan fingerprint density at radius 3 is 2.75 bits per heavy atom. The van der Waals surface area contributed by atoms with Crippen molar-refractivity contribution in [3.05, 3.63) is 94.4 Å². The van der Waals surface area contributed by atoms with Gasteiger partial charge in [-0.15, -0.1) is 0 Å². The van der Waals surface area contributed by atoms with Gasteiger partial charge in [0.15, 0.2) is 11.5 Å². The van der Waals surface area contributed by atoms with E-state index in [2.05, 4.69) is 95.0 Å². The monoisotopic (exact) mass is 755 g/mol. The zero-order valence-corrected chi connectivity index (χ0v) is 32.7. The van der Waals surface area contributed by atoms with Crippen LogP contribution in [0.4, 0.5) is 0 Å². The zero-order valence-electron chi connectivity index (χ0n) is 31.1. The lowest BCUT2D eigenvalue weighted by molar-refractivity contribution is -0.133. The molecular weight excluding hydrogens is 703 g/mol. The SMILES string of the molecule is COC1=C(CO)C(=O)OC1=C1OC2=CCCN3[C@H]4[C@@H](O)[C@H]5C[C@@H](C)CC=C5[C@H]5C=CC6[C@H]4[C@H](C[C@@H]3[C@H]2[C@@H]1C)[C@@H](c1ccccc1)[C@]61CC[C@H](CSS5)C1. The van der Waals surface area contributed by atoms with Gasteiger partial charge in [0.25, 0.3) is 0 Å². The fourth-order valence-corrected chi connectivity index (χ4v) is 16.4. The highest BCUT2D eigenvalue weighted by molar-refractivity contribution is 8.77. The van der Waals surface area contributed by atoms with Crippen molar-refractivity contribution in [1.29, 1.82) is 0 Å². The first-order chi connectivity index (χ1) is 25.8. The second kappa shape index (κ2) is 13.4. The summed E-state index contributed by atoms with van der Waals surface area (Å²) in [6, 6.07) is 11.6. The summed E-state index contributed by atoms with van der Waals surface area (Å²) in [7, 11) is 5.66. The van der Waals surface area contributed by atoms with Crippen LogP contribution < -0.4 is 0 Å². The summed E-state index contributed by atoms with van der Waals surface area (Å²) in [6.07, 6.45) is 17.4. The van der Waals surface area contributed by atoms with Crippen molar-refractivity contribution in [1.82, 2.24) is 4.90 Å². The molecule has 4 fully saturated rings. The van der Waals surface area contributed by atoms with Crippen LogP contribution in [0.15, 0.2) is 88.8 Å². The van der Waals surface area contributed by atoms with E-state index in [1.807, 2.05) is 0 Å². The van der Waals surface area contributed by atoms with Gasteiger partial charge in [0, 0.05) is 42.1 Å². The number of piperidine rings is 1. The van der Waals surface area contributed by atoms with Gasteiger partial charge in [-0.2, -0.15) is 0 Å². The number of esters is 1. The number of allylic oxidation sites excluding steroid dienone is 3. The van der Waals surface area contributed by atoms with Crippen LogP contribution >= 0.6 is 21.6 Å². The molecule has 1 spiro atoms. The Labute approximate surface area is 321 Å². The molecule has 4 aliphatic carbocycles. The number of hydrogen-bond acceptors (Lipinski definition) is 9. The second-order valence-electron chi connectivity index (χ2n) is 17.7. The number of ether oxygens (including phenoxy) is 3. The van der Waals surface area contributed by atoms with Gasteiger partial charge >= 0.3 is 5.97 Å². The Kier molecular flexibility index (Phi) is 8.82. The second-order valence-corrected chi connectivity index (χ2v) is 20.2. The quantitative estimate of drug-likeness (QED) is 0.183. The molecule has 2 N–H and O–H groups in total. The third kappa shape index (κ3) is 5.22. The Bertz CT molecular complexity index is 1820. The molecule has 0 aromatic heterocycles. The summed E-state index contributed by atoms with van der Waals surface area (Å²) >= 11 is 0. The number of methoxy groups -OCH3 is 1. The number of carbonyl (C=O) groups excluding carboxylic acids is 1. The van der Waals surface area contributed by atoms with E-state index in [9.17, 15) is 15.0 Å². The van der Waals surface area contributed by atoms with Crippen LogP contribution in [-0.2, 0) is 19.0 Å². The molecule has 2 saturated heterocycles. The Morgan fingerprint density at radius 2 is 1.94 bits per heavy atom. The van der Waals surface area contributed by atoms with Crippen molar-refractivity contribution in [2.75, 3.05) is 26.0 Å². The highest BCUT2D eigenvalue weighted by Gasteiger charge is 2.68. The summed E-state index contributed by atoms with van der Waals surface area (Å²) in [5, 5.41) is 23.6. The van der Waals surface area contributed by atoms with Gasteiger partial charge in [0.2, 0.25) is 5.76 Å². The van der Waals surface area contributed by atoms with Gasteiger partial charge in [0.05, 0.1) is 25.1 Å². The Morgan fingerprint density at radius 1 is 1.09 bits per heavy atom. The van der Waals surface area contributed by atoms with Crippen LogP contribution in [0.3, 0.4) is 0 Å². The van der Waals surface area contributed by atoms with E-state index < -0.39 is 18.7 Å². The molecule has 10 rings (SSSR count). The lowest BCUT2D eigenvalue weighted by atomic mass is 9.65. The summed E-state index contributed by atoms with van der Waals surface area (Å²) in [4.78, 5) is 15.6. The van der Waals surface area contributed by atoms with Crippen LogP contribution in [-0.4, -0.2) is 70.5 Å². The molecule has 2 saturated carbocycles. The van der Waals surface area contributed by atoms with Crippen molar-refractivity contribution in [3.8, 4) is 0 Å². The molecule has 282 valence electrons. The van der Waals surface area contributed by atoms with Crippen molar-refractivity contribution in [2.45, 2.75) is 88.1 Å². The molecule has 1 aromatic carbocycles. The van der Waals surface area contributed by atoms with Crippen molar-refractivity contribution < 1.29 is 29.2 Å². The Balaban J connectivity index is 1.15. The van der Waals surface area contributed by atoms with Gasteiger partial charge < -0.3 is 24.4 Å². The smallest absolute Gasteiger partial charge is 0.345 e. The van der Waals surface area contributed by atoms with Gasteiger partial charge in [-0.3, -0.25) is 4.90 Å². The number of aliphatic hydroxyl groups excluding tert-OH is 2. The van der Waals surface area contributed by atoms with E-state index >= 15 is 0 Å². The molecule has 0 amide bonds. The van der Waals surface area contributed by atoms with Crippen LogP contribution in [0, 0.1) is 52.8 Å². The average molecular weight is 756 g/mol. The van der Waals surface area contributed by atoms with Crippen LogP contribution in [0.2, 0.25) is 0 Å². The van der Waals surface area contributed by atoms with E-state index in [0.717, 1.165) is 38.0 Å². The first-order valence-corrected chi connectivity index (χ1v) is 22.6. The minimum atomic E-state index is -0.580. The zero-order chi connectivity index (χ0) is 36.2. The number of cyclic esters (lactones) is 1. The van der Waals surface area contributed by atoms with Gasteiger partial charge in [0.1, 0.15) is 11.3 Å². The first-order valence-electron chi connectivity index (χ1n) is 20.2. The van der Waals surface area contributed by atoms with Crippen molar-refractivity contribution >= 4 is 27.6 Å². The molecule has 53 heavy (non-hydrogen) atoms. The third-order valence-corrected chi connectivity index (χ3v) is 18.1. The Hall–Kier alpha value is -2.43. The van der Waals surface area contributed by atoms with E-state index in [-0.39, 0.29) is 46.6 Å². The third-order valence-electron chi connectivity index (χ3n) is 15.2. The number of benzene rings is 1. The van der Waals surface area contributed by atoms with Crippen LogP contribution in [0.5, 0.6) is 0 Å². The van der Waals surface area contributed by atoms with E-state index in [0.29, 0.717) is 52.3 Å². The molecule has 7 nitrogen and oxygen atoms in total. The minimum absolute atomic E-state index is 0.0188. The number of hydrogen-bond donors (Lipinski definition) is 2. The fourth-order valence-electron chi connectivity index (χ4n) is 13.4. The lowest BCUT2D eigenvalue weighted by Crippen LogP contribution is -2.62. The van der Waals surface area contributed by atoms with E-state index in [1.54, 1.807) is 0 Å². The predicted molar refractivity (Wildman–Crippen MR) is 208 cm³/mol. The maximum absolute atomic E-state index is 13.3. The highest BCUT2D eigenvalue weighted by Crippen LogP contribution is 2.72. The largest absolute Gasteiger partial charge is 0.492 e. The molecule has 4 bridgehead atoms. The summed E-state index contributed by atoms with van der Waals surface area (Å²) in [5.41, 5.74) is 3.23. The number of fused-ring (bicyclic) bond motifs is 8. The number of aliphatic hydroxyl groups is 2. The number of nitrogens with zero attached hydrogens (tertiary/aromatic N) is 1. The molecule has 1 aromatic rings. The molecular formula is C44H53NO6S2. The normalized spacial score (nSPS) is 45.8. The van der Waals surface area contributed by atoms with E-state index in [4.69, 9.17) is 14.2 Å². The average Bonchev–Trinajstić information content (AvgIpc) is 3.86. The minimum Gasteiger partial charge on any atom is -0.492 e. The van der Waals surface area contributed by atoms with E-state index in [1.165, 1.54) is 43.3 Å². The summed E-state index contributed by atoms with van der Waals surface area (Å²) in [5.74, 6) is 5.66. The standard InChI is InChI=1S/C44H53NO6S2/c1-23-11-12-27-28(18-23)39(47)38-36-29(37(26-8-5-4-6-9-26)44-16-15-25(20-44)22-52-53-34(27)14-13-31(36)44)19-32-35-24(2)40(50-33(35)10-7-17-45(32)38)42-41(49-3)30(21-46)43(48)51-42/h4-6,8-10,12-14,23-25,28-29,31-32,34-39,46-47H,7,11,15-22H2,1-3H3/t23-,24-,25-,28-,29-,31?,32+,34+,35+,36+,37+,38+,39-,44-/m0/s1. The van der Waals surface area contributed by atoms with Crippen molar-refractivity contribution in [2.24, 2.45) is 52.8 Å². The van der Waals surface area contributed by atoms with Crippen LogP contribution in [0.25, 0.3) is 0 Å². The van der Waals surface area contributed by atoms with Gasteiger partial charge in [-0.25, -0.2) is 4.79 Å². The molecule has 5 heterocycles. The maximum Gasteiger partial charge on any atom is 0.345 e. The maximum atomic E-state index is 13.3. The van der Waals surface area contributed by atoms with Crippen LogP contribution in [0.1, 0.15) is 70.3 Å². The lowest BCUT2D eigenvalue weighted by Gasteiger charge is -2.54. The van der Waals surface area contributed by atoms with Gasteiger partial charge in [-0.1, -0.05) is 89.6 Å².